The molecule has 1 unspecified atom stereocenters. The zero-order valence-corrected chi connectivity index (χ0v) is 10.6. The average molecular weight is 240 g/mol. The second-order valence-electron chi connectivity index (χ2n) is 3.92. The van der Waals surface area contributed by atoms with Gasteiger partial charge >= 0.3 is 6.03 Å². The van der Waals surface area contributed by atoms with Gasteiger partial charge in [-0.1, -0.05) is 0 Å². The van der Waals surface area contributed by atoms with Crippen molar-refractivity contribution in [3.8, 4) is 0 Å². The van der Waals surface area contributed by atoms with Crippen molar-refractivity contribution in [2.75, 3.05) is 19.7 Å². The first-order chi connectivity index (χ1) is 8.08. The number of aliphatic hydroxyl groups excluding tert-OH is 1. The number of likely N-dealkylation sites (N-methyl/N-ethyl adjacent to an activating group) is 1. The van der Waals surface area contributed by atoms with Gasteiger partial charge in [-0.05, 0) is 13.8 Å². The predicted octanol–water partition coefficient (Wildman–Crippen LogP) is 0.505. The molecule has 1 aromatic rings. The molecule has 0 fully saturated rings. The topological polar surface area (TPSA) is 70.4 Å². The minimum atomic E-state index is -0.169. The Morgan fingerprint density at radius 3 is 2.88 bits per heavy atom. The molecule has 0 aliphatic heterocycles. The molecule has 96 valence electrons. The summed E-state index contributed by atoms with van der Waals surface area (Å²) in [6, 6.07) is -0.262. The number of rotatable bonds is 5. The van der Waals surface area contributed by atoms with Gasteiger partial charge < -0.3 is 15.3 Å². The summed E-state index contributed by atoms with van der Waals surface area (Å²) >= 11 is 0. The van der Waals surface area contributed by atoms with Crippen molar-refractivity contribution in [3.05, 3.63) is 18.0 Å². The van der Waals surface area contributed by atoms with E-state index < -0.39 is 0 Å². The summed E-state index contributed by atoms with van der Waals surface area (Å²) in [5.74, 6) is 0. The molecule has 6 heteroatoms. The first-order valence-electron chi connectivity index (χ1n) is 5.73. The molecule has 0 aliphatic rings. The van der Waals surface area contributed by atoms with Gasteiger partial charge in [0.1, 0.15) is 0 Å². The van der Waals surface area contributed by atoms with Crippen molar-refractivity contribution in [1.82, 2.24) is 20.0 Å². The molecular weight excluding hydrogens is 220 g/mol. The molecule has 1 aromatic heterocycles. The van der Waals surface area contributed by atoms with Crippen LogP contribution in [-0.2, 0) is 7.05 Å². The number of urea groups is 1. The lowest BCUT2D eigenvalue weighted by molar-refractivity contribution is 0.178. The van der Waals surface area contributed by atoms with Gasteiger partial charge in [-0.3, -0.25) is 4.68 Å². The highest BCUT2D eigenvalue weighted by molar-refractivity contribution is 5.74. The quantitative estimate of drug-likeness (QED) is 0.787. The number of hydrogen-bond donors (Lipinski definition) is 2. The lowest BCUT2D eigenvalue weighted by Gasteiger charge is -2.22. The second-order valence-corrected chi connectivity index (χ2v) is 3.92. The summed E-state index contributed by atoms with van der Waals surface area (Å²) in [6.07, 6.45) is 3.60. The van der Waals surface area contributed by atoms with Crippen LogP contribution in [0.25, 0.3) is 0 Å². The van der Waals surface area contributed by atoms with Gasteiger partial charge in [0.25, 0.3) is 0 Å². The fourth-order valence-corrected chi connectivity index (χ4v) is 1.55. The van der Waals surface area contributed by atoms with Gasteiger partial charge in [0, 0.05) is 31.9 Å². The van der Waals surface area contributed by atoms with Gasteiger partial charge in [-0.25, -0.2) is 4.79 Å². The Balaban J connectivity index is 2.55. The number of aromatic nitrogens is 2. The largest absolute Gasteiger partial charge is 0.395 e. The number of carbonyl (C=O) groups is 1. The number of hydrogen-bond acceptors (Lipinski definition) is 3. The molecule has 0 aliphatic carbocycles. The first kappa shape index (κ1) is 13.5. The van der Waals surface area contributed by atoms with E-state index in [0.29, 0.717) is 13.1 Å². The lowest BCUT2D eigenvalue weighted by atomic mass is 10.2. The van der Waals surface area contributed by atoms with Crippen LogP contribution in [-0.4, -0.2) is 45.5 Å². The van der Waals surface area contributed by atoms with Gasteiger partial charge in [-0.2, -0.15) is 5.10 Å². The lowest BCUT2D eigenvalue weighted by Crippen LogP contribution is -2.42. The second kappa shape index (κ2) is 6.24. The van der Waals surface area contributed by atoms with E-state index in [0.717, 1.165) is 5.56 Å². The molecule has 1 heterocycles. The molecule has 2 amide bonds. The van der Waals surface area contributed by atoms with Crippen molar-refractivity contribution in [1.29, 1.82) is 0 Å². The van der Waals surface area contributed by atoms with Crippen molar-refractivity contribution in [3.63, 3.8) is 0 Å². The third-order valence-electron chi connectivity index (χ3n) is 2.60. The van der Waals surface area contributed by atoms with Crippen LogP contribution in [0.2, 0.25) is 0 Å². The highest BCUT2D eigenvalue weighted by Gasteiger charge is 2.15. The van der Waals surface area contributed by atoms with Crippen LogP contribution in [0.1, 0.15) is 25.5 Å². The Bertz CT molecular complexity index is 364. The summed E-state index contributed by atoms with van der Waals surface area (Å²) in [6.45, 7) is 4.68. The van der Waals surface area contributed by atoms with Gasteiger partial charge in [-0.15, -0.1) is 0 Å². The molecule has 6 nitrogen and oxygen atoms in total. The minimum Gasteiger partial charge on any atom is -0.395 e. The van der Waals surface area contributed by atoms with Gasteiger partial charge in [0.05, 0.1) is 18.8 Å². The van der Waals surface area contributed by atoms with Crippen LogP contribution in [0.4, 0.5) is 4.79 Å². The molecule has 0 saturated carbocycles. The molecule has 2 N–H and O–H groups in total. The molecule has 0 bridgehead atoms. The summed E-state index contributed by atoms with van der Waals surface area (Å²) in [5.41, 5.74) is 0.959. The third-order valence-corrected chi connectivity index (χ3v) is 2.60. The number of nitrogens with zero attached hydrogens (tertiary/aromatic N) is 3. The van der Waals surface area contributed by atoms with Crippen LogP contribution in [0.15, 0.2) is 12.4 Å². The standard InChI is InChI=1S/C11H20N4O2/c1-4-15(5-6-16)11(17)13-9(2)10-7-12-14(3)8-10/h7-9,16H,4-6H2,1-3H3,(H,13,17). The van der Waals surface area contributed by atoms with Crippen LogP contribution in [0, 0.1) is 0 Å². The molecule has 17 heavy (non-hydrogen) atoms. The normalized spacial score (nSPS) is 12.2. The third kappa shape index (κ3) is 3.74. The van der Waals surface area contributed by atoms with Crippen LogP contribution in [0.3, 0.4) is 0 Å². The fourth-order valence-electron chi connectivity index (χ4n) is 1.55. The van der Waals surface area contributed by atoms with E-state index in [1.54, 1.807) is 15.8 Å². The molecule has 0 spiro atoms. The number of aryl methyl sites for hydroxylation is 1. The number of nitrogens with one attached hydrogen (secondary N) is 1. The molecule has 1 atom stereocenters. The van der Waals surface area contributed by atoms with Crippen molar-refractivity contribution in [2.24, 2.45) is 7.05 Å². The van der Waals surface area contributed by atoms with E-state index in [-0.39, 0.29) is 18.7 Å². The average Bonchev–Trinajstić information content (AvgIpc) is 2.72. The van der Waals surface area contributed by atoms with Crippen LogP contribution >= 0.6 is 0 Å². The summed E-state index contributed by atoms with van der Waals surface area (Å²) in [7, 11) is 1.84. The van der Waals surface area contributed by atoms with E-state index in [9.17, 15) is 4.79 Å². The maximum atomic E-state index is 11.8. The summed E-state index contributed by atoms with van der Waals surface area (Å²) in [5, 5.41) is 15.8. The Labute approximate surface area is 101 Å². The monoisotopic (exact) mass is 240 g/mol. The van der Waals surface area contributed by atoms with E-state index in [1.807, 2.05) is 27.1 Å². The molecule has 1 rings (SSSR count). The van der Waals surface area contributed by atoms with Crippen LogP contribution < -0.4 is 5.32 Å². The number of carbonyl (C=O) groups excluding carboxylic acids is 1. The highest BCUT2D eigenvalue weighted by atomic mass is 16.3. The zero-order valence-electron chi connectivity index (χ0n) is 10.6. The van der Waals surface area contributed by atoms with Crippen LogP contribution in [0.5, 0.6) is 0 Å². The molecule has 0 saturated heterocycles. The molecular formula is C11H20N4O2. The van der Waals surface area contributed by atoms with E-state index in [2.05, 4.69) is 10.4 Å². The maximum absolute atomic E-state index is 11.8. The Hall–Kier alpha value is -1.56. The number of aliphatic hydroxyl groups is 1. The molecule has 0 aromatic carbocycles. The zero-order chi connectivity index (χ0) is 12.8. The smallest absolute Gasteiger partial charge is 0.317 e. The van der Waals surface area contributed by atoms with Crippen molar-refractivity contribution in [2.45, 2.75) is 19.9 Å². The predicted molar refractivity (Wildman–Crippen MR) is 64.5 cm³/mol. The fraction of sp³-hybridized carbons (Fsp3) is 0.636. The van der Waals surface area contributed by atoms with Crippen molar-refractivity contribution < 1.29 is 9.90 Å². The van der Waals surface area contributed by atoms with E-state index in [4.69, 9.17) is 5.11 Å². The van der Waals surface area contributed by atoms with E-state index in [1.165, 1.54) is 0 Å². The van der Waals surface area contributed by atoms with Gasteiger partial charge in [0.15, 0.2) is 0 Å². The first-order valence-corrected chi connectivity index (χ1v) is 5.73. The Kier molecular flexibility index (Phi) is 4.96. The SMILES string of the molecule is CCN(CCO)C(=O)NC(C)c1cnn(C)c1. The Morgan fingerprint density at radius 2 is 2.41 bits per heavy atom. The summed E-state index contributed by atoms with van der Waals surface area (Å²) < 4.78 is 1.70. The summed E-state index contributed by atoms with van der Waals surface area (Å²) in [4.78, 5) is 13.4. The maximum Gasteiger partial charge on any atom is 0.317 e. The number of amides is 2. The highest BCUT2D eigenvalue weighted by Crippen LogP contribution is 2.10. The molecule has 0 radical (unpaired) electrons. The Morgan fingerprint density at radius 1 is 1.71 bits per heavy atom. The minimum absolute atomic E-state index is 0.0253. The van der Waals surface area contributed by atoms with Crippen molar-refractivity contribution >= 4 is 6.03 Å². The van der Waals surface area contributed by atoms with Gasteiger partial charge in [0.2, 0.25) is 0 Å². The van der Waals surface area contributed by atoms with E-state index >= 15 is 0 Å².